The number of benzene rings is 2. The summed E-state index contributed by atoms with van der Waals surface area (Å²) >= 11 is 0. The standard InChI is InChI=1S/C24H31NO4/c1-4-28-21-11-10-19(16-22(21)29-5-2)23(20-9-7-6-8-17(20)3)25-14-12-18(13-15-25)24(26)27/h6-11,16,18,23H,4-5,12-15H2,1-3H3,(H,26,27). The average molecular weight is 398 g/mol. The summed E-state index contributed by atoms with van der Waals surface area (Å²) in [6, 6.07) is 14.6. The highest BCUT2D eigenvalue weighted by Crippen LogP contribution is 2.38. The zero-order valence-electron chi connectivity index (χ0n) is 17.6. The van der Waals surface area contributed by atoms with E-state index < -0.39 is 5.97 Å². The number of likely N-dealkylation sites (tertiary alicyclic amines) is 1. The fourth-order valence-electron chi connectivity index (χ4n) is 4.12. The van der Waals surface area contributed by atoms with Gasteiger partial charge in [-0.15, -0.1) is 0 Å². The summed E-state index contributed by atoms with van der Waals surface area (Å²) in [5, 5.41) is 9.37. The van der Waals surface area contributed by atoms with E-state index in [-0.39, 0.29) is 12.0 Å². The van der Waals surface area contributed by atoms with Gasteiger partial charge in [0.25, 0.3) is 0 Å². The Balaban J connectivity index is 1.99. The Morgan fingerprint density at radius 3 is 2.34 bits per heavy atom. The molecule has 1 saturated heterocycles. The lowest BCUT2D eigenvalue weighted by atomic mass is 9.89. The molecule has 1 N–H and O–H groups in total. The van der Waals surface area contributed by atoms with Crippen molar-refractivity contribution in [3.8, 4) is 11.5 Å². The molecule has 0 amide bonds. The van der Waals surface area contributed by atoms with Gasteiger partial charge in [0.2, 0.25) is 0 Å². The molecule has 1 heterocycles. The second-order valence-electron chi connectivity index (χ2n) is 7.48. The molecular weight excluding hydrogens is 366 g/mol. The maximum absolute atomic E-state index is 11.4. The van der Waals surface area contributed by atoms with Crippen molar-refractivity contribution in [3.05, 3.63) is 59.2 Å². The Morgan fingerprint density at radius 1 is 1.07 bits per heavy atom. The summed E-state index contributed by atoms with van der Waals surface area (Å²) < 4.78 is 11.6. The van der Waals surface area contributed by atoms with Crippen molar-refractivity contribution in [2.75, 3.05) is 26.3 Å². The molecule has 1 unspecified atom stereocenters. The number of carboxylic acid groups (broad SMARTS) is 1. The summed E-state index contributed by atoms with van der Waals surface area (Å²) in [6.45, 7) is 8.74. The van der Waals surface area contributed by atoms with E-state index in [1.165, 1.54) is 11.1 Å². The lowest BCUT2D eigenvalue weighted by molar-refractivity contribution is -0.143. The van der Waals surface area contributed by atoms with Gasteiger partial charge in [0.15, 0.2) is 11.5 Å². The van der Waals surface area contributed by atoms with Crippen molar-refractivity contribution in [3.63, 3.8) is 0 Å². The van der Waals surface area contributed by atoms with E-state index in [1.54, 1.807) is 0 Å². The van der Waals surface area contributed by atoms with Crippen LogP contribution in [-0.2, 0) is 4.79 Å². The number of hydrogen-bond donors (Lipinski definition) is 1. The minimum atomic E-state index is -0.684. The fourth-order valence-corrected chi connectivity index (χ4v) is 4.12. The van der Waals surface area contributed by atoms with Crippen LogP contribution in [-0.4, -0.2) is 42.3 Å². The number of nitrogens with zero attached hydrogens (tertiary/aromatic N) is 1. The average Bonchev–Trinajstić information content (AvgIpc) is 2.72. The maximum Gasteiger partial charge on any atom is 0.306 e. The van der Waals surface area contributed by atoms with Gasteiger partial charge in [0, 0.05) is 0 Å². The third-order valence-corrected chi connectivity index (χ3v) is 5.61. The van der Waals surface area contributed by atoms with E-state index in [0.29, 0.717) is 26.1 Å². The summed E-state index contributed by atoms with van der Waals surface area (Å²) in [7, 11) is 0. The van der Waals surface area contributed by atoms with E-state index in [0.717, 1.165) is 30.2 Å². The number of rotatable bonds is 8. The lowest BCUT2D eigenvalue weighted by Crippen LogP contribution is -2.39. The Morgan fingerprint density at radius 2 is 1.72 bits per heavy atom. The van der Waals surface area contributed by atoms with Crippen LogP contribution in [0.5, 0.6) is 11.5 Å². The van der Waals surface area contributed by atoms with Gasteiger partial charge in [0.05, 0.1) is 25.2 Å². The van der Waals surface area contributed by atoms with Crippen LogP contribution < -0.4 is 9.47 Å². The monoisotopic (exact) mass is 397 g/mol. The Hall–Kier alpha value is -2.53. The molecule has 0 aromatic heterocycles. The fraction of sp³-hybridized carbons (Fsp3) is 0.458. The van der Waals surface area contributed by atoms with Gasteiger partial charge in [-0.3, -0.25) is 9.69 Å². The second kappa shape index (κ2) is 9.79. The smallest absolute Gasteiger partial charge is 0.306 e. The molecule has 1 fully saturated rings. The van der Waals surface area contributed by atoms with Crippen molar-refractivity contribution in [1.82, 2.24) is 4.90 Å². The van der Waals surface area contributed by atoms with Crippen molar-refractivity contribution >= 4 is 5.97 Å². The molecule has 1 aliphatic rings. The number of hydrogen-bond acceptors (Lipinski definition) is 4. The van der Waals surface area contributed by atoms with Crippen LogP contribution >= 0.6 is 0 Å². The molecule has 0 spiro atoms. The van der Waals surface area contributed by atoms with Crippen LogP contribution in [0.4, 0.5) is 0 Å². The summed E-state index contributed by atoms with van der Waals surface area (Å²) in [4.78, 5) is 13.8. The van der Waals surface area contributed by atoms with Gasteiger partial charge >= 0.3 is 5.97 Å². The molecule has 0 bridgehead atoms. The van der Waals surface area contributed by atoms with Gasteiger partial charge < -0.3 is 14.6 Å². The second-order valence-corrected chi connectivity index (χ2v) is 7.48. The largest absolute Gasteiger partial charge is 0.490 e. The summed E-state index contributed by atoms with van der Waals surface area (Å²) in [6.07, 6.45) is 1.35. The van der Waals surface area contributed by atoms with Crippen molar-refractivity contribution < 1.29 is 19.4 Å². The number of piperidine rings is 1. The first kappa shape index (κ1) is 21.2. The molecule has 5 heteroatoms. The number of ether oxygens (including phenoxy) is 2. The minimum absolute atomic E-state index is 0.0563. The highest BCUT2D eigenvalue weighted by atomic mass is 16.5. The SMILES string of the molecule is CCOc1ccc(C(c2ccccc2C)N2CCC(C(=O)O)CC2)cc1OCC. The molecule has 0 saturated carbocycles. The Kier molecular flexibility index (Phi) is 7.15. The zero-order valence-corrected chi connectivity index (χ0v) is 17.6. The third kappa shape index (κ3) is 4.91. The van der Waals surface area contributed by atoms with Crippen LogP contribution in [0.3, 0.4) is 0 Å². The van der Waals surface area contributed by atoms with E-state index in [1.807, 2.05) is 19.9 Å². The first-order valence-electron chi connectivity index (χ1n) is 10.5. The third-order valence-electron chi connectivity index (χ3n) is 5.61. The Bertz CT molecular complexity index is 827. The first-order chi connectivity index (χ1) is 14.0. The van der Waals surface area contributed by atoms with E-state index in [9.17, 15) is 9.90 Å². The van der Waals surface area contributed by atoms with Gasteiger partial charge in [-0.2, -0.15) is 0 Å². The molecule has 2 aromatic rings. The lowest BCUT2D eigenvalue weighted by Gasteiger charge is -2.38. The van der Waals surface area contributed by atoms with Crippen molar-refractivity contribution in [2.24, 2.45) is 5.92 Å². The molecule has 0 radical (unpaired) electrons. The summed E-state index contributed by atoms with van der Waals surface area (Å²) in [5.41, 5.74) is 3.61. The molecule has 29 heavy (non-hydrogen) atoms. The maximum atomic E-state index is 11.4. The van der Waals surface area contributed by atoms with E-state index in [2.05, 4.69) is 48.2 Å². The van der Waals surface area contributed by atoms with Gasteiger partial charge in [-0.25, -0.2) is 0 Å². The van der Waals surface area contributed by atoms with Gasteiger partial charge in [-0.05, 0) is 75.5 Å². The van der Waals surface area contributed by atoms with E-state index in [4.69, 9.17) is 9.47 Å². The van der Waals surface area contributed by atoms with Crippen LogP contribution in [0.15, 0.2) is 42.5 Å². The number of aliphatic carboxylic acids is 1. The zero-order chi connectivity index (χ0) is 20.8. The Labute approximate surface area is 173 Å². The van der Waals surface area contributed by atoms with Crippen LogP contribution in [0.2, 0.25) is 0 Å². The molecule has 1 aliphatic heterocycles. The number of carboxylic acids is 1. The van der Waals surface area contributed by atoms with Crippen molar-refractivity contribution in [2.45, 2.75) is 39.7 Å². The minimum Gasteiger partial charge on any atom is -0.490 e. The van der Waals surface area contributed by atoms with Crippen LogP contribution in [0, 0.1) is 12.8 Å². The molecule has 3 rings (SSSR count). The van der Waals surface area contributed by atoms with Crippen molar-refractivity contribution in [1.29, 1.82) is 0 Å². The van der Waals surface area contributed by atoms with Crippen LogP contribution in [0.1, 0.15) is 49.4 Å². The molecule has 1 atom stereocenters. The van der Waals surface area contributed by atoms with Crippen LogP contribution in [0.25, 0.3) is 0 Å². The highest BCUT2D eigenvalue weighted by molar-refractivity contribution is 5.70. The molecule has 5 nitrogen and oxygen atoms in total. The first-order valence-corrected chi connectivity index (χ1v) is 10.5. The molecule has 0 aliphatic carbocycles. The number of carbonyl (C=O) groups is 1. The topological polar surface area (TPSA) is 59.0 Å². The quantitative estimate of drug-likeness (QED) is 0.701. The predicted molar refractivity (Wildman–Crippen MR) is 114 cm³/mol. The number of aryl methyl sites for hydroxylation is 1. The van der Waals surface area contributed by atoms with E-state index >= 15 is 0 Å². The normalized spacial score (nSPS) is 16.4. The molecular formula is C24H31NO4. The highest BCUT2D eigenvalue weighted by Gasteiger charge is 2.31. The molecule has 2 aromatic carbocycles. The van der Waals surface area contributed by atoms with Gasteiger partial charge in [-0.1, -0.05) is 30.3 Å². The summed E-state index contributed by atoms with van der Waals surface area (Å²) in [5.74, 6) is 0.581. The van der Waals surface area contributed by atoms with Gasteiger partial charge in [0.1, 0.15) is 0 Å². The molecule has 156 valence electrons. The predicted octanol–water partition coefficient (Wildman–Crippen LogP) is 4.68.